The lowest BCUT2D eigenvalue weighted by molar-refractivity contribution is 0.0126. The topological polar surface area (TPSA) is 57.6 Å². The number of halogens is 1. The van der Waals surface area contributed by atoms with Gasteiger partial charge < -0.3 is 5.11 Å². The number of piperidine rings is 1. The molecule has 0 bridgehead atoms. The van der Waals surface area contributed by atoms with Gasteiger partial charge in [0, 0.05) is 18.1 Å². The highest BCUT2D eigenvalue weighted by molar-refractivity contribution is 7.89. The zero-order valence-electron chi connectivity index (χ0n) is 11.1. The highest BCUT2D eigenvalue weighted by Crippen LogP contribution is 2.29. The van der Waals surface area contributed by atoms with Gasteiger partial charge in [-0.15, -0.1) is 0 Å². The Bertz CT molecular complexity index is 574. The quantitative estimate of drug-likeness (QED) is 0.911. The Hall–Kier alpha value is -0.620. The van der Waals surface area contributed by atoms with E-state index in [0.29, 0.717) is 36.5 Å². The van der Waals surface area contributed by atoms with Gasteiger partial charge in [-0.1, -0.05) is 17.7 Å². The SMILES string of the molecule is Cc1c(Cl)cccc1S(=O)(=O)N1CCC(C)(O)CC1. The zero-order valence-corrected chi connectivity index (χ0v) is 12.6. The van der Waals surface area contributed by atoms with Gasteiger partial charge in [0.25, 0.3) is 0 Å². The molecule has 1 aliphatic heterocycles. The van der Waals surface area contributed by atoms with Crippen molar-refractivity contribution in [2.75, 3.05) is 13.1 Å². The lowest BCUT2D eigenvalue weighted by Gasteiger charge is -2.35. The minimum atomic E-state index is -3.53. The molecule has 19 heavy (non-hydrogen) atoms. The summed E-state index contributed by atoms with van der Waals surface area (Å²) in [5, 5.41) is 10.3. The number of hydrogen-bond donors (Lipinski definition) is 1. The second-order valence-corrected chi connectivity index (χ2v) is 7.58. The third-order valence-corrected chi connectivity index (χ3v) is 6.09. The molecule has 1 aliphatic rings. The molecular weight excluding hydrogens is 286 g/mol. The Morgan fingerprint density at radius 3 is 2.47 bits per heavy atom. The average molecular weight is 304 g/mol. The number of hydrogen-bond acceptors (Lipinski definition) is 3. The van der Waals surface area contributed by atoms with Crippen molar-refractivity contribution in [3.05, 3.63) is 28.8 Å². The molecule has 1 N–H and O–H groups in total. The first kappa shape index (κ1) is 14.8. The number of benzene rings is 1. The number of aliphatic hydroxyl groups is 1. The fourth-order valence-electron chi connectivity index (χ4n) is 2.21. The Morgan fingerprint density at radius 2 is 1.89 bits per heavy atom. The monoisotopic (exact) mass is 303 g/mol. The summed E-state index contributed by atoms with van der Waals surface area (Å²) in [6.45, 7) is 4.11. The van der Waals surface area contributed by atoms with E-state index in [-0.39, 0.29) is 4.90 Å². The molecule has 6 heteroatoms. The maximum Gasteiger partial charge on any atom is 0.243 e. The minimum Gasteiger partial charge on any atom is -0.390 e. The molecule has 0 saturated carbocycles. The van der Waals surface area contributed by atoms with Gasteiger partial charge in [-0.3, -0.25) is 0 Å². The van der Waals surface area contributed by atoms with Crippen LogP contribution in [0.3, 0.4) is 0 Å². The molecule has 0 spiro atoms. The van der Waals surface area contributed by atoms with Crippen molar-refractivity contribution < 1.29 is 13.5 Å². The van der Waals surface area contributed by atoms with E-state index < -0.39 is 15.6 Å². The van der Waals surface area contributed by atoms with Crippen LogP contribution in [0.15, 0.2) is 23.1 Å². The van der Waals surface area contributed by atoms with Crippen molar-refractivity contribution >= 4 is 21.6 Å². The third-order valence-electron chi connectivity index (χ3n) is 3.64. The van der Waals surface area contributed by atoms with Crippen molar-refractivity contribution in [3.63, 3.8) is 0 Å². The second-order valence-electron chi connectivity index (χ2n) is 5.26. The van der Waals surface area contributed by atoms with E-state index in [1.165, 1.54) is 4.31 Å². The van der Waals surface area contributed by atoms with Crippen LogP contribution in [0.5, 0.6) is 0 Å². The summed E-state index contributed by atoms with van der Waals surface area (Å²) in [6, 6.07) is 4.89. The molecule has 0 aliphatic carbocycles. The van der Waals surface area contributed by atoms with Crippen LogP contribution in [0.4, 0.5) is 0 Å². The highest BCUT2D eigenvalue weighted by Gasteiger charge is 2.34. The van der Waals surface area contributed by atoms with Gasteiger partial charge in [-0.2, -0.15) is 4.31 Å². The van der Waals surface area contributed by atoms with Crippen LogP contribution in [0, 0.1) is 6.92 Å². The Labute approximate surface area is 119 Å². The Balaban J connectivity index is 2.31. The van der Waals surface area contributed by atoms with Crippen molar-refractivity contribution in [2.45, 2.75) is 37.2 Å². The maximum absolute atomic E-state index is 12.6. The van der Waals surface area contributed by atoms with E-state index in [1.807, 2.05) is 0 Å². The van der Waals surface area contributed by atoms with Gasteiger partial charge >= 0.3 is 0 Å². The first-order valence-electron chi connectivity index (χ1n) is 6.22. The molecule has 4 nitrogen and oxygen atoms in total. The van der Waals surface area contributed by atoms with E-state index in [9.17, 15) is 13.5 Å². The molecule has 0 amide bonds. The van der Waals surface area contributed by atoms with Gasteiger partial charge in [-0.25, -0.2) is 8.42 Å². The van der Waals surface area contributed by atoms with Gasteiger partial charge in [-0.05, 0) is 44.4 Å². The van der Waals surface area contributed by atoms with Gasteiger partial charge in [0.1, 0.15) is 0 Å². The third kappa shape index (κ3) is 2.94. The summed E-state index contributed by atoms with van der Waals surface area (Å²) in [4.78, 5) is 0.251. The Kier molecular flexibility index (Phi) is 3.93. The van der Waals surface area contributed by atoms with Gasteiger partial charge in [0.2, 0.25) is 10.0 Å². The van der Waals surface area contributed by atoms with Crippen molar-refractivity contribution in [3.8, 4) is 0 Å². The number of rotatable bonds is 2. The zero-order chi connectivity index (χ0) is 14.3. The molecular formula is C13H18ClNO3S. The predicted octanol–water partition coefficient (Wildman–Crippen LogP) is 2.18. The molecule has 1 saturated heterocycles. The summed E-state index contributed by atoms with van der Waals surface area (Å²) < 4.78 is 26.5. The summed E-state index contributed by atoms with van der Waals surface area (Å²) in [5.74, 6) is 0. The fraction of sp³-hybridized carbons (Fsp3) is 0.538. The lowest BCUT2D eigenvalue weighted by atomic mass is 9.95. The summed E-state index contributed by atoms with van der Waals surface area (Å²) in [6.07, 6.45) is 0.900. The first-order valence-corrected chi connectivity index (χ1v) is 8.03. The molecule has 1 aromatic rings. The maximum atomic E-state index is 12.6. The normalized spacial score (nSPS) is 20.4. The first-order chi connectivity index (χ1) is 8.74. The smallest absolute Gasteiger partial charge is 0.243 e. The van der Waals surface area contributed by atoms with E-state index in [2.05, 4.69) is 0 Å². The van der Waals surface area contributed by atoms with Crippen LogP contribution in [-0.2, 0) is 10.0 Å². The van der Waals surface area contributed by atoms with E-state index in [4.69, 9.17) is 11.6 Å². The standard InChI is InChI=1S/C13H18ClNO3S/c1-10-11(14)4-3-5-12(10)19(17,18)15-8-6-13(2,16)7-9-15/h3-5,16H,6-9H2,1-2H3. The molecule has 1 heterocycles. The van der Waals surface area contributed by atoms with Gasteiger partial charge in [0.15, 0.2) is 0 Å². The van der Waals surface area contributed by atoms with Crippen LogP contribution < -0.4 is 0 Å². The molecule has 0 aromatic heterocycles. The largest absolute Gasteiger partial charge is 0.390 e. The molecule has 0 atom stereocenters. The fourth-order valence-corrected chi connectivity index (χ4v) is 4.13. The van der Waals surface area contributed by atoms with Crippen LogP contribution in [-0.4, -0.2) is 36.5 Å². The van der Waals surface area contributed by atoms with Crippen LogP contribution in [0.1, 0.15) is 25.3 Å². The highest BCUT2D eigenvalue weighted by atomic mass is 35.5. The molecule has 1 fully saturated rings. The van der Waals surface area contributed by atoms with Crippen molar-refractivity contribution in [2.24, 2.45) is 0 Å². The Morgan fingerprint density at radius 1 is 1.32 bits per heavy atom. The predicted molar refractivity (Wildman–Crippen MR) is 74.8 cm³/mol. The molecule has 0 radical (unpaired) electrons. The average Bonchev–Trinajstić information content (AvgIpc) is 2.32. The van der Waals surface area contributed by atoms with E-state index in [1.54, 1.807) is 32.0 Å². The molecule has 1 aromatic carbocycles. The molecule has 0 unspecified atom stereocenters. The van der Waals surface area contributed by atoms with Crippen LogP contribution in [0.2, 0.25) is 5.02 Å². The summed E-state index contributed by atoms with van der Waals surface area (Å²) >= 11 is 5.98. The van der Waals surface area contributed by atoms with Crippen LogP contribution in [0.25, 0.3) is 0 Å². The van der Waals surface area contributed by atoms with Crippen molar-refractivity contribution in [1.82, 2.24) is 4.31 Å². The summed E-state index contributed by atoms with van der Waals surface area (Å²) in [7, 11) is -3.53. The second kappa shape index (κ2) is 5.05. The number of nitrogens with zero attached hydrogens (tertiary/aromatic N) is 1. The van der Waals surface area contributed by atoms with Gasteiger partial charge in [0.05, 0.1) is 10.5 Å². The molecule has 2 rings (SSSR count). The minimum absolute atomic E-state index is 0.251. The van der Waals surface area contributed by atoms with Crippen LogP contribution >= 0.6 is 11.6 Å². The molecule has 106 valence electrons. The number of sulfonamides is 1. The van der Waals surface area contributed by atoms with Crippen molar-refractivity contribution in [1.29, 1.82) is 0 Å². The summed E-state index contributed by atoms with van der Waals surface area (Å²) in [5.41, 5.74) is -0.198. The van der Waals surface area contributed by atoms with E-state index in [0.717, 1.165) is 0 Å². The van der Waals surface area contributed by atoms with E-state index >= 15 is 0 Å². The lowest BCUT2D eigenvalue weighted by Crippen LogP contribution is -2.45.